The van der Waals surface area contributed by atoms with Crippen molar-refractivity contribution in [2.75, 3.05) is 13.1 Å². The summed E-state index contributed by atoms with van der Waals surface area (Å²) in [7, 11) is 0. The number of fused-ring (bicyclic) bond motifs is 1. The van der Waals surface area contributed by atoms with Gasteiger partial charge in [0.05, 0.1) is 0 Å². The average molecular weight is 246 g/mol. The van der Waals surface area contributed by atoms with Crippen LogP contribution in [-0.4, -0.2) is 19.1 Å². The molecule has 1 heterocycles. The first-order valence-corrected chi connectivity index (χ1v) is 6.28. The van der Waals surface area contributed by atoms with Crippen LogP contribution in [0.3, 0.4) is 0 Å². The van der Waals surface area contributed by atoms with Crippen molar-refractivity contribution in [3.63, 3.8) is 0 Å². The summed E-state index contributed by atoms with van der Waals surface area (Å²) in [5, 5.41) is 6.62. The van der Waals surface area contributed by atoms with E-state index < -0.39 is 0 Å². The first kappa shape index (κ1) is 12.5. The molecular weight excluding hydrogens is 228 g/mol. The van der Waals surface area contributed by atoms with E-state index in [9.17, 15) is 4.79 Å². The number of aryl methyl sites for hydroxylation is 1. The number of rotatable bonds is 5. The normalized spacial score (nSPS) is 10.5. The van der Waals surface area contributed by atoms with Crippen molar-refractivity contribution in [2.24, 2.45) is 0 Å². The lowest BCUT2D eigenvalue weighted by Crippen LogP contribution is -2.35. The van der Waals surface area contributed by atoms with Gasteiger partial charge in [0.15, 0.2) is 0 Å². The number of urea groups is 1. The second kappa shape index (κ2) is 6.10. The maximum absolute atomic E-state index is 11.1. The molecule has 0 radical (unpaired) electrons. The minimum absolute atomic E-state index is 0.109. The molecule has 0 atom stereocenters. The molecule has 2 aromatic rings. The Morgan fingerprint density at radius 1 is 1.28 bits per heavy atom. The summed E-state index contributed by atoms with van der Waals surface area (Å²) in [5.41, 5.74) is 0.921. The number of hydrogen-bond acceptors (Lipinski definition) is 2. The SMILES string of the molecule is CCNC(=O)NCCCc1cc2ccccc2o1. The quantitative estimate of drug-likeness (QED) is 0.797. The highest BCUT2D eigenvalue weighted by atomic mass is 16.3. The van der Waals surface area contributed by atoms with E-state index in [-0.39, 0.29) is 6.03 Å². The lowest BCUT2D eigenvalue weighted by atomic mass is 10.2. The zero-order valence-electron chi connectivity index (χ0n) is 10.5. The van der Waals surface area contributed by atoms with E-state index in [0.29, 0.717) is 13.1 Å². The first-order valence-electron chi connectivity index (χ1n) is 6.28. The number of carbonyl (C=O) groups is 1. The highest BCUT2D eigenvalue weighted by Gasteiger charge is 2.03. The Kier molecular flexibility index (Phi) is 4.23. The van der Waals surface area contributed by atoms with Crippen LogP contribution in [0.5, 0.6) is 0 Å². The second-order valence-electron chi connectivity index (χ2n) is 4.14. The molecule has 2 N–H and O–H groups in total. The van der Waals surface area contributed by atoms with Gasteiger partial charge in [-0.25, -0.2) is 4.79 Å². The predicted octanol–water partition coefficient (Wildman–Crippen LogP) is 2.68. The Morgan fingerprint density at radius 2 is 2.11 bits per heavy atom. The van der Waals surface area contributed by atoms with Crippen molar-refractivity contribution in [1.29, 1.82) is 0 Å². The third-order valence-corrected chi connectivity index (χ3v) is 2.70. The van der Waals surface area contributed by atoms with Gasteiger partial charge in [-0.1, -0.05) is 18.2 Å². The van der Waals surface area contributed by atoms with Crippen LogP contribution in [-0.2, 0) is 6.42 Å². The van der Waals surface area contributed by atoms with Gasteiger partial charge in [0.2, 0.25) is 0 Å². The minimum Gasteiger partial charge on any atom is -0.461 e. The monoisotopic (exact) mass is 246 g/mol. The van der Waals surface area contributed by atoms with Crippen LogP contribution in [0.15, 0.2) is 34.7 Å². The van der Waals surface area contributed by atoms with Gasteiger partial charge in [-0.3, -0.25) is 0 Å². The van der Waals surface area contributed by atoms with Crippen LogP contribution in [0, 0.1) is 0 Å². The number of nitrogens with one attached hydrogen (secondary N) is 2. The summed E-state index contributed by atoms with van der Waals surface area (Å²) >= 11 is 0. The van der Waals surface area contributed by atoms with E-state index in [0.717, 1.165) is 29.6 Å². The molecule has 0 aliphatic rings. The number of furan rings is 1. The van der Waals surface area contributed by atoms with Crippen molar-refractivity contribution < 1.29 is 9.21 Å². The van der Waals surface area contributed by atoms with Crippen molar-refractivity contribution in [1.82, 2.24) is 10.6 Å². The molecule has 2 rings (SSSR count). The third-order valence-electron chi connectivity index (χ3n) is 2.70. The molecule has 18 heavy (non-hydrogen) atoms. The Balaban J connectivity index is 1.78. The Hall–Kier alpha value is -1.97. The first-order chi connectivity index (χ1) is 8.79. The van der Waals surface area contributed by atoms with E-state index in [1.807, 2.05) is 31.2 Å². The van der Waals surface area contributed by atoms with Crippen molar-refractivity contribution in [3.8, 4) is 0 Å². The summed E-state index contributed by atoms with van der Waals surface area (Å²) in [5.74, 6) is 0.967. The molecule has 96 valence electrons. The van der Waals surface area contributed by atoms with E-state index >= 15 is 0 Å². The predicted molar refractivity (Wildman–Crippen MR) is 71.6 cm³/mol. The van der Waals surface area contributed by atoms with Crippen LogP contribution >= 0.6 is 0 Å². The minimum atomic E-state index is -0.109. The largest absolute Gasteiger partial charge is 0.461 e. The molecule has 0 aliphatic heterocycles. The second-order valence-corrected chi connectivity index (χ2v) is 4.14. The molecule has 1 aromatic carbocycles. The van der Waals surface area contributed by atoms with E-state index in [1.54, 1.807) is 0 Å². The van der Waals surface area contributed by atoms with Gasteiger partial charge in [-0.2, -0.15) is 0 Å². The third kappa shape index (κ3) is 3.26. The maximum atomic E-state index is 11.1. The molecule has 0 saturated heterocycles. The standard InChI is InChI=1S/C14H18N2O2/c1-2-15-14(17)16-9-5-7-12-10-11-6-3-4-8-13(11)18-12/h3-4,6,8,10H,2,5,7,9H2,1H3,(H2,15,16,17). The molecule has 4 nitrogen and oxygen atoms in total. The molecule has 0 bridgehead atoms. The molecule has 2 amide bonds. The van der Waals surface area contributed by atoms with Crippen molar-refractivity contribution in [2.45, 2.75) is 19.8 Å². The Labute approximate surface area is 106 Å². The van der Waals surface area contributed by atoms with Gasteiger partial charge >= 0.3 is 6.03 Å². The number of amides is 2. The van der Waals surface area contributed by atoms with E-state index in [4.69, 9.17) is 4.42 Å². The molecule has 0 unspecified atom stereocenters. The lowest BCUT2D eigenvalue weighted by Gasteiger charge is -2.04. The number of hydrogen-bond donors (Lipinski definition) is 2. The Morgan fingerprint density at radius 3 is 2.89 bits per heavy atom. The molecule has 0 spiro atoms. The number of para-hydroxylation sites is 1. The van der Waals surface area contributed by atoms with Crippen LogP contribution in [0.1, 0.15) is 19.1 Å². The van der Waals surface area contributed by atoms with E-state index in [1.165, 1.54) is 0 Å². The van der Waals surface area contributed by atoms with Crippen LogP contribution in [0.4, 0.5) is 4.79 Å². The van der Waals surface area contributed by atoms with E-state index in [2.05, 4.69) is 16.7 Å². The maximum Gasteiger partial charge on any atom is 0.314 e. The lowest BCUT2D eigenvalue weighted by molar-refractivity contribution is 0.241. The van der Waals surface area contributed by atoms with Gasteiger partial charge in [0.25, 0.3) is 0 Å². The van der Waals surface area contributed by atoms with Gasteiger partial charge in [0.1, 0.15) is 11.3 Å². The molecule has 4 heteroatoms. The molecular formula is C14H18N2O2. The molecule has 0 saturated carbocycles. The molecule has 0 fully saturated rings. The zero-order valence-corrected chi connectivity index (χ0v) is 10.5. The highest BCUT2D eigenvalue weighted by molar-refractivity contribution is 5.77. The summed E-state index contributed by atoms with van der Waals surface area (Å²) in [6.07, 6.45) is 1.71. The van der Waals surface area contributed by atoms with Crippen LogP contribution < -0.4 is 10.6 Å². The van der Waals surface area contributed by atoms with Gasteiger partial charge < -0.3 is 15.1 Å². The highest BCUT2D eigenvalue weighted by Crippen LogP contribution is 2.19. The summed E-state index contributed by atoms with van der Waals surface area (Å²) in [4.78, 5) is 11.1. The number of benzene rings is 1. The van der Waals surface area contributed by atoms with Crippen molar-refractivity contribution in [3.05, 3.63) is 36.1 Å². The fourth-order valence-corrected chi connectivity index (χ4v) is 1.85. The average Bonchev–Trinajstić information content (AvgIpc) is 2.77. The topological polar surface area (TPSA) is 54.3 Å². The zero-order chi connectivity index (χ0) is 12.8. The summed E-state index contributed by atoms with van der Waals surface area (Å²) in [6.45, 7) is 3.20. The Bertz CT molecular complexity index is 486. The molecule has 0 aliphatic carbocycles. The van der Waals surface area contributed by atoms with Crippen molar-refractivity contribution >= 4 is 17.0 Å². The van der Waals surface area contributed by atoms with Crippen LogP contribution in [0.25, 0.3) is 11.0 Å². The van der Waals surface area contributed by atoms with Gasteiger partial charge in [-0.15, -0.1) is 0 Å². The number of carbonyl (C=O) groups excluding carboxylic acids is 1. The van der Waals surface area contributed by atoms with Gasteiger partial charge in [0, 0.05) is 24.9 Å². The summed E-state index contributed by atoms with van der Waals surface area (Å²) in [6, 6.07) is 9.91. The smallest absolute Gasteiger partial charge is 0.314 e. The fraction of sp³-hybridized carbons (Fsp3) is 0.357. The van der Waals surface area contributed by atoms with Crippen LogP contribution in [0.2, 0.25) is 0 Å². The molecule has 1 aromatic heterocycles. The summed E-state index contributed by atoms with van der Waals surface area (Å²) < 4.78 is 5.69. The van der Waals surface area contributed by atoms with Gasteiger partial charge in [-0.05, 0) is 25.5 Å². The fourth-order valence-electron chi connectivity index (χ4n) is 1.85.